The minimum absolute atomic E-state index is 0.0440. The van der Waals surface area contributed by atoms with E-state index in [2.05, 4.69) is 0 Å². The van der Waals surface area contributed by atoms with Crippen LogP contribution in [0.4, 0.5) is 0 Å². The standard InChI is InChI=1S/C34H36N2O9S2/c1-33(2)15-19(17-46(39,40)41)23-11-25-29(13-27(23)35(33)5)45-30-14-28-24(20(18-47(42,43)44)16-34(3,4)36(28)6)12-26(30)31(25)21-9-7-8-10-22(21)32(37)38/h7-16,25,29H,17-18H2,1-6H3,(H2-,37,38,39,40,41,42,43,44)/p+1. The first-order valence-electron chi connectivity index (χ1n) is 15.0. The highest BCUT2D eigenvalue weighted by atomic mass is 32.2. The van der Waals surface area contributed by atoms with Crippen molar-refractivity contribution in [2.75, 3.05) is 25.6 Å². The fourth-order valence-electron chi connectivity index (χ4n) is 7.05. The molecule has 0 aromatic heterocycles. The molecule has 0 saturated carbocycles. The number of carbonyl (C=O) groups is 1. The number of likely N-dealkylation sites (N-methyl/N-ethyl adjacent to an activating group) is 2. The van der Waals surface area contributed by atoms with E-state index < -0.39 is 60.8 Å². The van der Waals surface area contributed by atoms with E-state index in [1.807, 2.05) is 69.5 Å². The third-order valence-electron chi connectivity index (χ3n) is 9.60. The summed E-state index contributed by atoms with van der Waals surface area (Å²) in [6, 6.07) is 10.2. The minimum Gasteiger partial charge on any atom is -0.484 e. The van der Waals surface area contributed by atoms with Crippen LogP contribution in [0.2, 0.25) is 0 Å². The zero-order valence-electron chi connectivity index (χ0n) is 26.8. The molecule has 0 bridgehead atoms. The Morgan fingerprint density at radius 3 is 2.21 bits per heavy atom. The lowest BCUT2D eigenvalue weighted by Crippen LogP contribution is -2.49. The van der Waals surface area contributed by atoms with Gasteiger partial charge in [-0.05, 0) is 66.0 Å². The van der Waals surface area contributed by atoms with Crippen LogP contribution in [0.3, 0.4) is 0 Å². The molecule has 47 heavy (non-hydrogen) atoms. The normalized spacial score (nSPS) is 22.8. The monoisotopic (exact) mass is 681 g/mol. The summed E-state index contributed by atoms with van der Waals surface area (Å²) >= 11 is 0. The van der Waals surface area contributed by atoms with Crippen LogP contribution in [0.5, 0.6) is 5.75 Å². The molecule has 3 aliphatic heterocycles. The Kier molecular flexibility index (Phi) is 7.51. The number of allylic oxidation sites excluding steroid dienone is 1. The first-order chi connectivity index (χ1) is 21.7. The molecule has 0 spiro atoms. The van der Waals surface area contributed by atoms with Crippen molar-refractivity contribution < 1.29 is 40.6 Å². The molecule has 13 heteroatoms. The fourth-order valence-corrected chi connectivity index (χ4v) is 8.31. The first kappa shape index (κ1) is 32.9. The number of carboxylic acids is 1. The van der Waals surface area contributed by atoms with E-state index in [0.29, 0.717) is 55.4 Å². The molecule has 0 saturated heterocycles. The first-order valence-corrected chi connectivity index (χ1v) is 18.2. The summed E-state index contributed by atoms with van der Waals surface area (Å²) in [6.45, 7) is 7.71. The number of hydrogen-bond donors (Lipinski definition) is 3. The average molecular weight is 682 g/mol. The van der Waals surface area contributed by atoms with Gasteiger partial charge in [0.15, 0.2) is 5.54 Å². The molecule has 3 heterocycles. The molecule has 0 amide bonds. The zero-order valence-corrected chi connectivity index (χ0v) is 28.5. The van der Waals surface area contributed by atoms with Crippen molar-refractivity contribution in [1.29, 1.82) is 0 Å². The summed E-state index contributed by atoms with van der Waals surface area (Å²) in [6.07, 6.45) is 6.73. The number of carboxylic acid groups (broad SMARTS) is 1. The Morgan fingerprint density at radius 2 is 1.57 bits per heavy atom. The van der Waals surface area contributed by atoms with Gasteiger partial charge in [-0.2, -0.15) is 16.8 Å². The molecule has 2 unspecified atom stereocenters. The fraction of sp³-hybridized carbons (Fsp3) is 0.353. The largest absolute Gasteiger partial charge is 0.484 e. The topological polar surface area (TPSA) is 162 Å². The summed E-state index contributed by atoms with van der Waals surface area (Å²) in [5, 5.41) is 11.5. The van der Waals surface area contributed by atoms with Gasteiger partial charge in [-0.1, -0.05) is 30.4 Å². The van der Waals surface area contributed by atoms with Crippen LogP contribution >= 0.6 is 0 Å². The maximum atomic E-state index is 12.6. The van der Waals surface area contributed by atoms with Crippen molar-refractivity contribution in [2.24, 2.45) is 5.92 Å². The smallest absolute Gasteiger partial charge is 0.336 e. The van der Waals surface area contributed by atoms with Crippen LogP contribution in [0, 0.1) is 5.92 Å². The van der Waals surface area contributed by atoms with Crippen molar-refractivity contribution in [3.05, 3.63) is 105 Å². The Balaban J connectivity index is 1.72. The molecule has 3 N–H and O–H groups in total. The van der Waals surface area contributed by atoms with Crippen molar-refractivity contribution >= 4 is 37.4 Å². The van der Waals surface area contributed by atoms with Crippen molar-refractivity contribution in [3.8, 4) is 5.75 Å². The highest BCUT2D eigenvalue weighted by molar-refractivity contribution is 7.86. The van der Waals surface area contributed by atoms with Crippen LogP contribution in [0.15, 0.2) is 77.5 Å². The van der Waals surface area contributed by atoms with Gasteiger partial charge in [0, 0.05) is 37.7 Å². The zero-order chi connectivity index (χ0) is 34.4. The third kappa shape index (κ3) is 5.86. The predicted molar refractivity (Wildman–Crippen MR) is 178 cm³/mol. The van der Waals surface area contributed by atoms with E-state index in [-0.39, 0.29) is 5.56 Å². The van der Waals surface area contributed by atoms with Crippen molar-refractivity contribution in [2.45, 2.75) is 44.9 Å². The number of rotatable bonds is 6. The van der Waals surface area contributed by atoms with Gasteiger partial charge >= 0.3 is 5.97 Å². The molecule has 2 aromatic carbocycles. The van der Waals surface area contributed by atoms with Gasteiger partial charge in [-0.3, -0.25) is 9.11 Å². The van der Waals surface area contributed by atoms with Gasteiger partial charge in [0.05, 0.1) is 22.7 Å². The minimum atomic E-state index is -4.41. The second-order valence-electron chi connectivity index (χ2n) is 13.6. The van der Waals surface area contributed by atoms with E-state index >= 15 is 0 Å². The molecule has 0 radical (unpaired) electrons. The van der Waals surface area contributed by atoms with Crippen LogP contribution in [-0.4, -0.2) is 84.7 Å². The summed E-state index contributed by atoms with van der Waals surface area (Å²) in [5.41, 5.74) is 2.47. The van der Waals surface area contributed by atoms with Crippen LogP contribution in [0.25, 0.3) is 11.1 Å². The maximum Gasteiger partial charge on any atom is 0.336 e. The molecule has 6 rings (SSSR count). The Hall–Kier alpha value is -4.04. The molecular formula is C34H37N2O9S2+. The molecule has 2 atom stereocenters. The van der Waals surface area contributed by atoms with Gasteiger partial charge in [0.25, 0.3) is 20.2 Å². The van der Waals surface area contributed by atoms with Gasteiger partial charge in [-0.25, -0.2) is 9.37 Å². The van der Waals surface area contributed by atoms with Crippen molar-refractivity contribution in [1.82, 2.24) is 9.48 Å². The van der Waals surface area contributed by atoms with E-state index in [0.717, 1.165) is 0 Å². The highest BCUT2D eigenvalue weighted by Gasteiger charge is 2.42. The SMILES string of the molecule is CN1C2=CC3Oc4cc5c(cc4=C(c4ccccc4C(=O)O)C3C=C2C(CS(=O)(=O)O)=CC1(C)C)C(CS(=O)(=O)O)=CC(C)(C)[N+]=5C. The van der Waals surface area contributed by atoms with Gasteiger partial charge in [0.2, 0.25) is 5.36 Å². The predicted octanol–water partition coefficient (Wildman–Crippen LogP) is 2.51. The van der Waals surface area contributed by atoms with Crippen LogP contribution in [0.1, 0.15) is 49.2 Å². The molecule has 0 fully saturated rings. The highest BCUT2D eigenvalue weighted by Crippen LogP contribution is 2.45. The lowest BCUT2D eigenvalue weighted by atomic mass is 9.75. The molecule has 2 aromatic rings. The average Bonchev–Trinajstić information content (AvgIpc) is 2.94. The third-order valence-corrected chi connectivity index (χ3v) is 11.0. The molecule has 248 valence electrons. The molecule has 4 aliphatic rings. The number of nitrogens with zero attached hydrogens (tertiary/aromatic N) is 2. The van der Waals surface area contributed by atoms with E-state index in [9.17, 15) is 35.8 Å². The van der Waals surface area contributed by atoms with Crippen LogP contribution in [-0.2, 0) is 20.2 Å². The lowest BCUT2D eigenvalue weighted by molar-refractivity contribution is 0.0696. The van der Waals surface area contributed by atoms with Gasteiger partial charge < -0.3 is 14.7 Å². The van der Waals surface area contributed by atoms with Crippen LogP contribution < -0.4 is 19.9 Å². The summed E-state index contributed by atoms with van der Waals surface area (Å²) in [5.74, 6) is -2.52. The second-order valence-corrected chi connectivity index (χ2v) is 16.5. The summed E-state index contributed by atoms with van der Waals surface area (Å²) < 4.78 is 77.0. The molecule has 11 nitrogen and oxygen atoms in total. The number of hydrogen-bond acceptors (Lipinski definition) is 7. The molecular weight excluding hydrogens is 645 g/mol. The Bertz CT molecular complexity index is 2240. The quantitative estimate of drug-likeness (QED) is 0.305. The number of fused-ring (bicyclic) bond motifs is 4. The number of benzene rings is 2. The maximum absolute atomic E-state index is 12.6. The Labute approximate surface area is 273 Å². The summed E-state index contributed by atoms with van der Waals surface area (Å²) in [4.78, 5) is 14.6. The van der Waals surface area contributed by atoms with E-state index in [1.165, 1.54) is 6.07 Å². The number of ether oxygens (including phenoxy) is 1. The van der Waals surface area contributed by atoms with Crippen molar-refractivity contribution in [3.63, 3.8) is 0 Å². The lowest BCUT2D eigenvalue weighted by Gasteiger charge is -2.46. The Morgan fingerprint density at radius 1 is 0.936 bits per heavy atom. The van der Waals surface area contributed by atoms with Gasteiger partial charge in [0.1, 0.15) is 30.4 Å². The number of aromatic carboxylic acids is 1. The van der Waals surface area contributed by atoms with E-state index in [4.69, 9.17) is 4.74 Å². The second kappa shape index (κ2) is 10.7. The van der Waals surface area contributed by atoms with E-state index in [1.54, 1.807) is 36.4 Å². The summed E-state index contributed by atoms with van der Waals surface area (Å²) in [7, 11) is -5.04. The van der Waals surface area contributed by atoms with Gasteiger partial charge in [-0.15, -0.1) is 0 Å². The molecule has 1 aliphatic carbocycles.